The highest BCUT2D eigenvalue weighted by molar-refractivity contribution is 5.84. The van der Waals surface area contributed by atoms with Gasteiger partial charge in [0, 0.05) is 12.2 Å². The van der Waals surface area contributed by atoms with Gasteiger partial charge >= 0.3 is 0 Å². The Morgan fingerprint density at radius 1 is 1.13 bits per heavy atom. The number of amides is 1. The van der Waals surface area contributed by atoms with Gasteiger partial charge < -0.3 is 10.6 Å². The molecule has 2 rings (SSSR count). The summed E-state index contributed by atoms with van der Waals surface area (Å²) >= 11 is 0. The fourth-order valence-corrected chi connectivity index (χ4v) is 2.33. The van der Waals surface area contributed by atoms with Crippen LogP contribution in [0.15, 0.2) is 48.5 Å². The van der Waals surface area contributed by atoms with Gasteiger partial charge in [0.25, 0.3) is 0 Å². The number of carbonyl (C=O) groups is 1. The lowest BCUT2D eigenvalue weighted by Crippen LogP contribution is -2.38. The molecule has 2 aromatic carbocycles. The molecule has 0 spiro atoms. The van der Waals surface area contributed by atoms with E-state index in [2.05, 4.69) is 29.7 Å². The zero-order valence-corrected chi connectivity index (χ0v) is 13.6. The number of aryl methyl sites for hydroxylation is 1. The number of nitrogens with one attached hydrogen (secondary N) is 2. The first-order valence-corrected chi connectivity index (χ1v) is 7.96. The van der Waals surface area contributed by atoms with Crippen LogP contribution in [0.25, 0.3) is 0 Å². The SMILES string of the molecule is CCc1cccc(NC(C)C(=O)NCCc2ccc(F)cc2)c1. The molecule has 23 heavy (non-hydrogen) atoms. The first-order chi connectivity index (χ1) is 11.1. The Bertz CT molecular complexity index is 640. The highest BCUT2D eigenvalue weighted by Crippen LogP contribution is 2.12. The van der Waals surface area contributed by atoms with Crippen molar-refractivity contribution in [3.63, 3.8) is 0 Å². The summed E-state index contributed by atoms with van der Waals surface area (Å²) in [5, 5.41) is 6.11. The van der Waals surface area contributed by atoms with Crippen molar-refractivity contribution in [2.45, 2.75) is 32.7 Å². The van der Waals surface area contributed by atoms with Crippen molar-refractivity contribution in [3.05, 3.63) is 65.5 Å². The van der Waals surface area contributed by atoms with E-state index in [0.717, 1.165) is 17.7 Å². The van der Waals surface area contributed by atoms with Gasteiger partial charge in [-0.2, -0.15) is 0 Å². The molecule has 0 saturated carbocycles. The third-order valence-corrected chi connectivity index (χ3v) is 3.74. The summed E-state index contributed by atoms with van der Waals surface area (Å²) in [5.74, 6) is -0.293. The normalized spacial score (nSPS) is 11.8. The maximum absolute atomic E-state index is 12.8. The molecule has 0 aliphatic rings. The van der Waals surface area contributed by atoms with Crippen molar-refractivity contribution in [2.24, 2.45) is 0 Å². The van der Waals surface area contributed by atoms with Gasteiger partial charge in [0.15, 0.2) is 0 Å². The van der Waals surface area contributed by atoms with Gasteiger partial charge in [0.1, 0.15) is 11.9 Å². The monoisotopic (exact) mass is 314 g/mol. The van der Waals surface area contributed by atoms with Crippen LogP contribution in [0.5, 0.6) is 0 Å². The summed E-state index contributed by atoms with van der Waals surface area (Å²) in [7, 11) is 0. The molecule has 0 radical (unpaired) electrons. The average Bonchev–Trinajstić information content (AvgIpc) is 2.56. The Morgan fingerprint density at radius 3 is 2.57 bits per heavy atom. The van der Waals surface area contributed by atoms with Crippen molar-refractivity contribution >= 4 is 11.6 Å². The van der Waals surface area contributed by atoms with Crippen LogP contribution in [-0.2, 0) is 17.6 Å². The van der Waals surface area contributed by atoms with Crippen LogP contribution in [0, 0.1) is 5.82 Å². The van der Waals surface area contributed by atoms with Gasteiger partial charge in [0.05, 0.1) is 0 Å². The Morgan fingerprint density at radius 2 is 1.87 bits per heavy atom. The minimum Gasteiger partial charge on any atom is -0.374 e. The van der Waals surface area contributed by atoms with Crippen LogP contribution in [0.1, 0.15) is 25.0 Å². The molecule has 0 bridgehead atoms. The fraction of sp³-hybridized carbons (Fsp3) is 0.316. The molecule has 1 unspecified atom stereocenters. The molecule has 122 valence electrons. The topological polar surface area (TPSA) is 41.1 Å². The van der Waals surface area contributed by atoms with Crippen molar-refractivity contribution in [2.75, 3.05) is 11.9 Å². The first kappa shape index (κ1) is 17.0. The standard InChI is InChI=1S/C19H23FN2O/c1-3-15-5-4-6-18(13-15)22-14(2)19(23)21-12-11-16-7-9-17(20)10-8-16/h4-10,13-14,22H,3,11-12H2,1-2H3,(H,21,23). The molecule has 2 N–H and O–H groups in total. The lowest BCUT2D eigenvalue weighted by molar-refractivity contribution is -0.121. The molecule has 1 atom stereocenters. The van der Waals surface area contributed by atoms with Gasteiger partial charge in [-0.3, -0.25) is 4.79 Å². The Balaban J connectivity index is 1.79. The maximum Gasteiger partial charge on any atom is 0.242 e. The zero-order valence-electron chi connectivity index (χ0n) is 13.6. The Kier molecular flexibility index (Phi) is 6.15. The van der Waals surface area contributed by atoms with Crippen LogP contribution >= 0.6 is 0 Å². The smallest absolute Gasteiger partial charge is 0.242 e. The van der Waals surface area contributed by atoms with Crippen LogP contribution in [-0.4, -0.2) is 18.5 Å². The third kappa shape index (κ3) is 5.40. The number of hydrogen-bond acceptors (Lipinski definition) is 2. The van der Waals surface area contributed by atoms with Crippen molar-refractivity contribution in [1.82, 2.24) is 5.32 Å². The van der Waals surface area contributed by atoms with E-state index in [9.17, 15) is 9.18 Å². The molecule has 1 amide bonds. The summed E-state index contributed by atoms with van der Waals surface area (Å²) in [4.78, 5) is 12.1. The third-order valence-electron chi connectivity index (χ3n) is 3.74. The number of halogens is 1. The van der Waals surface area contributed by atoms with Gasteiger partial charge in [-0.1, -0.05) is 31.2 Å². The molecule has 0 fully saturated rings. The second-order valence-electron chi connectivity index (χ2n) is 5.59. The van der Waals surface area contributed by atoms with Gasteiger partial charge in [-0.05, 0) is 55.2 Å². The number of anilines is 1. The van der Waals surface area contributed by atoms with E-state index in [0.29, 0.717) is 13.0 Å². The fourth-order valence-electron chi connectivity index (χ4n) is 2.33. The molecule has 0 aliphatic carbocycles. The second kappa shape index (κ2) is 8.32. The number of carbonyl (C=O) groups excluding carboxylic acids is 1. The molecule has 0 heterocycles. The van der Waals surface area contributed by atoms with Gasteiger partial charge in [-0.15, -0.1) is 0 Å². The molecule has 4 heteroatoms. The van der Waals surface area contributed by atoms with Gasteiger partial charge in [0.2, 0.25) is 5.91 Å². The highest BCUT2D eigenvalue weighted by Gasteiger charge is 2.12. The minimum absolute atomic E-state index is 0.0472. The predicted octanol–water partition coefficient (Wildman–Crippen LogP) is 3.55. The quantitative estimate of drug-likeness (QED) is 0.820. The summed E-state index contributed by atoms with van der Waals surface area (Å²) < 4.78 is 12.8. The van der Waals surface area contributed by atoms with E-state index in [1.165, 1.54) is 17.7 Å². The van der Waals surface area contributed by atoms with Crippen molar-refractivity contribution < 1.29 is 9.18 Å². The summed E-state index contributed by atoms with van der Waals surface area (Å²) in [6.45, 7) is 4.47. The molecule has 3 nitrogen and oxygen atoms in total. The molecule has 0 saturated heterocycles. The minimum atomic E-state index is -0.310. The van der Waals surface area contributed by atoms with Gasteiger partial charge in [-0.25, -0.2) is 4.39 Å². The highest BCUT2D eigenvalue weighted by atomic mass is 19.1. The summed E-state index contributed by atoms with van der Waals surface area (Å²) in [6.07, 6.45) is 1.65. The van der Waals surface area contributed by atoms with Crippen LogP contribution in [0.3, 0.4) is 0 Å². The molecular formula is C19H23FN2O. The molecule has 0 aromatic heterocycles. The first-order valence-electron chi connectivity index (χ1n) is 7.96. The van der Waals surface area contributed by atoms with E-state index in [1.54, 1.807) is 12.1 Å². The van der Waals surface area contributed by atoms with E-state index in [4.69, 9.17) is 0 Å². The van der Waals surface area contributed by atoms with Crippen molar-refractivity contribution in [1.29, 1.82) is 0 Å². The summed E-state index contributed by atoms with van der Waals surface area (Å²) in [6, 6.07) is 14.1. The van der Waals surface area contributed by atoms with Crippen LogP contribution in [0.4, 0.5) is 10.1 Å². The zero-order chi connectivity index (χ0) is 16.7. The Labute approximate surface area is 136 Å². The lowest BCUT2D eigenvalue weighted by atomic mass is 10.1. The van der Waals surface area contributed by atoms with E-state index in [-0.39, 0.29) is 17.8 Å². The Hall–Kier alpha value is -2.36. The number of benzene rings is 2. The average molecular weight is 314 g/mol. The van der Waals surface area contributed by atoms with Crippen LogP contribution < -0.4 is 10.6 Å². The van der Waals surface area contributed by atoms with E-state index in [1.807, 2.05) is 19.1 Å². The molecule has 2 aromatic rings. The van der Waals surface area contributed by atoms with Crippen LogP contribution in [0.2, 0.25) is 0 Å². The lowest BCUT2D eigenvalue weighted by Gasteiger charge is -2.16. The number of hydrogen-bond donors (Lipinski definition) is 2. The summed E-state index contributed by atoms with van der Waals surface area (Å²) in [5.41, 5.74) is 3.19. The molecule has 0 aliphatic heterocycles. The second-order valence-corrected chi connectivity index (χ2v) is 5.59. The van der Waals surface area contributed by atoms with E-state index >= 15 is 0 Å². The predicted molar refractivity (Wildman–Crippen MR) is 92.0 cm³/mol. The van der Waals surface area contributed by atoms with E-state index < -0.39 is 0 Å². The maximum atomic E-state index is 12.8. The number of rotatable bonds is 7. The van der Waals surface area contributed by atoms with Crippen molar-refractivity contribution in [3.8, 4) is 0 Å². The largest absolute Gasteiger partial charge is 0.374 e. The molecular weight excluding hydrogens is 291 g/mol.